The number of carbonyl (C=O) groups is 2. The molecule has 0 fully saturated rings. The SMILES string of the molecule is CCCCC/C=C\C/C=C\C/C=C\CCCCCCCCC(=O)OC(CCCCC/C=C/CCCCCCCCC)CC(=O)NC(CO)C(O)CCCCCCCCCCCC. The first-order chi connectivity index (χ1) is 30.5. The Labute approximate surface area is 385 Å². The topological polar surface area (TPSA) is 95.9 Å². The number of allylic oxidation sites excluding steroid dienone is 8. The standard InChI is InChI=1S/C56H103NO5/c1-4-7-10-13-16-19-22-24-26-27-28-29-30-32-34-37-40-43-46-49-56(61)62-52(47-44-41-38-35-33-31-25-23-20-17-14-11-8-5-2)50-55(60)57-53(51-58)54(59)48-45-42-39-36-21-18-15-12-9-6-3/h16,19,24,26,28-29,31,33,52-54,58-59H,4-15,17-18,20-23,25,27,30,32,34-51H2,1-3H3,(H,57,60)/b19-16-,26-24-,29-28-,33-31+. The average Bonchev–Trinajstić information content (AvgIpc) is 3.26. The lowest BCUT2D eigenvalue weighted by molar-refractivity contribution is -0.151. The summed E-state index contributed by atoms with van der Waals surface area (Å²) >= 11 is 0. The van der Waals surface area contributed by atoms with Gasteiger partial charge >= 0.3 is 5.97 Å². The minimum absolute atomic E-state index is 0.0623. The van der Waals surface area contributed by atoms with Gasteiger partial charge in [-0.15, -0.1) is 0 Å². The highest BCUT2D eigenvalue weighted by molar-refractivity contribution is 5.77. The number of aliphatic hydroxyl groups is 2. The van der Waals surface area contributed by atoms with Crippen molar-refractivity contribution in [2.75, 3.05) is 6.61 Å². The molecule has 1 amide bonds. The Morgan fingerprint density at radius 1 is 0.468 bits per heavy atom. The molecule has 0 radical (unpaired) electrons. The van der Waals surface area contributed by atoms with E-state index in [1.165, 1.54) is 135 Å². The van der Waals surface area contributed by atoms with Crippen LogP contribution < -0.4 is 5.32 Å². The van der Waals surface area contributed by atoms with Crippen molar-refractivity contribution in [1.82, 2.24) is 5.32 Å². The minimum Gasteiger partial charge on any atom is -0.462 e. The molecule has 3 atom stereocenters. The monoisotopic (exact) mass is 870 g/mol. The Bertz CT molecular complexity index is 1070. The molecule has 0 rings (SSSR count). The molecule has 0 heterocycles. The van der Waals surface area contributed by atoms with Crippen LogP contribution in [0.15, 0.2) is 48.6 Å². The summed E-state index contributed by atoms with van der Waals surface area (Å²) in [6.45, 7) is 6.44. The lowest BCUT2D eigenvalue weighted by Crippen LogP contribution is -2.46. The zero-order valence-corrected chi connectivity index (χ0v) is 41.3. The molecular weight excluding hydrogens is 767 g/mol. The summed E-state index contributed by atoms with van der Waals surface area (Å²) in [6, 6.07) is -0.708. The van der Waals surface area contributed by atoms with E-state index in [0.29, 0.717) is 19.3 Å². The smallest absolute Gasteiger partial charge is 0.306 e. The molecule has 3 unspecified atom stereocenters. The second kappa shape index (κ2) is 49.8. The highest BCUT2D eigenvalue weighted by Gasteiger charge is 2.24. The number of esters is 1. The highest BCUT2D eigenvalue weighted by atomic mass is 16.5. The van der Waals surface area contributed by atoms with Crippen LogP contribution in [0.1, 0.15) is 271 Å². The normalized spacial score (nSPS) is 13.6. The van der Waals surface area contributed by atoms with Gasteiger partial charge in [0.05, 0.1) is 25.2 Å². The van der Waals surface area contributed by atoms with Crippen molar-refractivity contribution in [3.63, 3.8) is 0 Å². The van der Waals surface area contributed by atoms with E-state index in [2.05, 4.69) is 74.7 Å². The first-order valence-electron chi connectivity index (χ1n) is 26.9. The number of amides is 1. The summed E-state index contributed by atoms with van der Waals surface area (Å²) in [7, 11) is 0. The van der Waals surface area contributed by atoms with Crippen LogP contribution >= 0.6 is 0 Å². The van der Waals surface area contributed by atoms with Crippen molar-refractivity contribution in [1.29, 1.82) is 0 Å². The van der Waals surface area contributed by atoms with Crippen LogP contribution in [-0.4, -0.2) is 46.9 Å². The molecule has 6 nitrogen and oxygen atoms in total. The summed E-state index contributed by atoms with van der Waals surface area (Å²) in [5.41, 5.74) is 0. The van der Waals surface area contributed by atoms with Crippen molar-refractivity contribution in [2.45, 2.75) is 289 Å². The van der Waals surface area contributed by atoms with Crippen LogP contribution in [0.2, 0.25) is 0 Å². The Morgan fingerprint density at radius 2 is 0.823 bits per heavy atom. The molecule has 0 saturated carbocycles. The van der Waals surface area contributed by atoms with E-state index in [-0.39, 0.29) is 24.9 Å². The van der Waals surface area contributed by atoms with Crippen LogP contribution in [0.25, 0.3) is 0 Å². The average molecular weight is 870 g/mol. The summed E-state index contributed by atoms with van der Waals surface area (Å²) < 4.78 is 5.93. The number of hydrogen-bond donors (Lipinski definition) is 3. The quantitative estimate of drug-likeness (QED) is 0.0322. The molecule has 3 N–H and O–H groups in total. The van der Waals surface area contributed by atoms with Crippen LogP contribution in [0.4, 0.5) is 0 Å². The lowest BCUT2D eigenvalue weighted by atomic mass is 10.0. The van der Waals surface area contributed by atoms with E-state index in [9.17, 15) is 19.8 Å². The molecular formula is C56H103NO5. The van der Waals surface area contributed by atoms with Gasteiger partial charge in [-0.1, -0.05) is 217 Å². The maximum atomic E-state index is 13.2. The third kappa shape index (κ3) is 44.4. The second-order valence-electron chi connectivity index (χ2n) is 18.3. The van der Waals surface area contributed by atoms with Gasteiger partial charge in [-0.05, 0) is 89.9 Å². The molecule has 0 aliphatic carbocycles. The Balaban J connectivity index is 4.58. The zero-order chi connectivity index (χ0) is 45.2. The second-order valence-corrected chi connectivity index (χ2v) is 18.3. The fraction of sp³-hybridized carbons (Fsp3) is 0.821. The van der Waals surface area contributed by atoms with Crippen molar-refractivity contribution in [2.24, 2.45) is 0 Å². The Kier molecular flexibility index (Phi) is 48.1. The molecule has 0 aliphatic rings. The predicted octanol–water partition coefficient (Wildman–Crippen LogP) is 16.2. The molecule has 0 bridgehead atoms. The van der Waals surface area contributed by atoms with Gasteiger partial charge in [-0.3, -0.25) is 9.59 Å². The van der Waals surface area contributed by atoms with Crippen LogP contribution in [0, 0.1) is 0 Å². The maximum Gasteiger partial charge on any atom is 0.306 e. The van der Waals surface area contributed by atoms with Gasteiger partial charge in [0.1, 0.15) is 6.10 Å². The summed E-state index contributed by atoms with van der Waals surface area (Å²) in [6.07, 6.45) is 60.3. The number of nitrogens with one attached hydrogen (secondary N) is 1. The Hall–Kier alpha value is -2.18. The third-order valence-corrected chi connectivity index (χ3v) is 12.1. The molecule has 0 aromatic carbocycles. The third-order valence-electron chi connectivity index (χ3n) is 12.1. The molecule has 0 aliphatic heterocycles. The molecule has 0 spiro atoms. The van der Waals surface area contributed by atoms with E-state index < -0.39 is 18.2 Å². The maximum absolute atomic E-state index is 13.2. The molecule has 0 aromatic heterocycles. The van der Waals surface area contributed by atoms with E-state index >= 15 is 0 Å². The van der Waals surface area contributed by atoms with Gasteiger partial charge in [-0.25, -0.2) is 0 Å². The number of aliphatic hydroxyl groups excluding tert-OH is 2. The number of ether oxygens (including phenoxy) is 1. The largest absolute Gasteiger partial charge is 0.462 e. The van der Waals surface area contributed by atoms with Crippen molar-refractivity contribution in [3.8, 4) is 0 Å². The summed E-state index contributed by atoms with van der Waals surface area (Å²) in [4.78, 5) is 26.2. The van der Waals surface area contributed by atoms with Gasteiger partial charge in [-0.2, -0.15) is 0 Å². The van der Waals surface area contributed by atoms with Crippen molar-refractivity contribution < 1.29 is 24.5 Å². The number of carbonyl (C=O) groups excluding carboxylic acids is 2. The summed E-state index contributed by atoms with van der Waals surface area (Å²) in [5, 5.41) is 23.7. The molecule has 6 heteroatoms. The number of rotatable bonds is 48. The highest BCUT2D eigenvalue weighted by Crippen LogP contribution is 2.17. The predicted molar refractivity (Wildman–Crippen MR) is 269 cm³/mol. The number of unbranched alkanes of at least 4 members (excludes halogenated alkanes) is 28. The molecule has 62 heavy (non-hydrogen) atoms. The van der Waals surface area contributed by atoms with Gasteiger partial charge in [0.2, 0.25) is 5.91 Å². The van der Waals surface area contributed by atoms with Crippen LogP contribution in [0.3, 0.4) is 0 Å². The molecule has 0 saturated heterocycles. The molecule has 0 aromatic rings. The van der Waals surface area contributed by atoms with Gasteiger partial charge in [0.25, 0.3) is 0 Å². The number of hydrogen-bond acceptors (Lipinski definition) is 5. The fourth-order valence-corrected chi connectivity index (χ4v) is 8.02. The van der Waals surface area contributed by atoms with Gasteiger partial charge in [0, 0.05) is 6.42 Å². The first-order valence-corrected chi connectivity index (χ1v) is 26.9. The lowest BCUT2D eigenvalue weighted by Gasteiger charge is -2.24. The first kappa shape index (κ1) is 59.8. The van der Waals surface area contributed by atoms with Gasteiger partial charge in [0.15, 0.2) is 0 Å². The van der Waals surface area contributed by atoms with Crippen LogP contribution in [-0.2, 0) is 14.3 Å². The van der Waals surface area contributed by atoms with E-state index in [1.54, 1.807) is 0 Å². The molecule has 362 valence electrons. The van der Waals surface area contributed by atoms with E-state index in [4.69, 9.17) is 4.74 Å². The Morgan fingerprint density at radius 3 is 1.31 bits per heavy atom. The van der Waals surface area contributed by atoms with E-state index in [0.717, 1.165) is 89.9 Å². The zero-order valence-electron chi connectivity index (χ0n) is 41.3. The minimum atomic E-state index is -0.792. The van der Waals surface area contributed by atoms with Gasteiger partial charge < -0.3 is 20.3 Å². The van der Waals surface area contributed by atoms with E-state index in [1.807, 2.05) is 0 Å². The van der Waals surface area contributed by atoms with Crippen molar-refractivity contribution >= 4 is 11.9 Å². The van der Waals surface area contributed by atoms with Crippen LogP contribution in [0.5, 0.6) is 0 Å². The van der Waals surface area contributed by atoms with Crippen molar-refractivity contribution in [3.05, 3.63) is 48.6 Å². The summed E-state index contributed by atoms with van der Waals surface area (Å²) in [5.74, 6) is -0.498. The fourth-order valence-electron chi connectivity index (χ4n) is 8.02.